The fraction of sp³-hybridized carbons (Fsp3) is 0.200. The zero-order valence-electron chi connectivity index (χ0n) is 14.6. The molecule has 0 saturated heterocycles. The molecular weight excluding hydrogens is 350 g/mol. The minimum atomic E-state index is -0.688. The Kier molecular flexibility index (Phi) is 5.28. The topological polar surface area (TPSA) is 74.0 Å². The predicted molar refractivity (Wildman–Crippen MR) is 104 cm³/mol. The molecule has 26 heavy (non-hydrogen) atoms. The van der Waals surface area contributed by atoms with Gasteiger partial charge in [-0.3, -0.25) is 9.59 Å². The number of carbonyl (C=O) groups is 2. The number of carbonyl (C=O) groups excluding carboxylic acids is 2. The lowest BCUT2D eigenvalue weighted by atomic mass is 10.0. The molecule has 1 heterocycles. The summed E-state index contributed by atoms with van der Waals surface area (Å²) in [5.41, 5.74) is 3.49. The Hall–Kier alpha value is -2.79. The van der Waals surface area contributed by atoms with Crippen molar-refractivity contribution in [1.29, 1.82) is 0 Å². The molecule has 1 unspecified atom stereocenters. The number of hydrogen-bond donors (Lipinski definition) is 3. The molecule has 134 valence electrons. The van der Waals surface area contributed by atoms with Crippen LogP contribution in [-0.2, 0) is 16.0 Å². The molecule has 0 saturated carbocycles. The number of hydrogen-bond acceptors (Lipinski definition) is 2. The number of rotatable bonds is 5. The predicted octanol–water partition coefficient (Wildman–Crippen LogP) is 3.82. The average Bonchev–Trinajstić information content (AvgIpc) is 3.00. The highest BCUT2D eigenvalue weighted by atomic mass is 35.5. The van der Waals surface area contributed by atoms with Crippen LogP contribution >= 0.6 is 11.6 Å². The van der Waals surface area contributed by atoms with E-state index in [-0.39, 0.29) is 11.8 Å². The highest BCUT2D eigenvalue weighted by molar-refractivity contribution is 6.31. The number of nitrogens with one attached hydrogen (secondary N) is 3. The second-order valence-corrected chi connectivity index (χ2v) is 6.68. The zero-order valence-corrected chi connectivity index (χ0v) is 15.4. The Labute approximate surface area is 156 Å². The molecule has 6 heteroatoms. The van der Waals surface area contributed by atoms with Gasteiger partial charge in [-0.15, -0.1) is 0 Å². The third kappa shape index (κ3) is 4.06. The van der Waals surface area contributed by atoms with Crippen molar-refractivity contribution in [3.05, 3.63) is 64.8 Å². The smallest absolute Gasteiger partial charge is 0.247 e. The molecular formula is C20H20ClN3O2. The quantitative estimate of drug-likeness (QED) is 0.639. The monoisotopic (exact) mass is 369 g/mol. The van der Waals surface area contributed by atoms with Crippen molar-refractivity contribution in [2.45, 2.75) is 26.3 Å². The van der Waals surface area contributed by atoms with Gasteiger partial charge < -0.3 is 15.6 Å². The summed E-state index contributed by atoms with van der Waals surface area (Å²) < 4.78 is 0. The Bertz CT molecular complexity index is 965. The third-order valence-electron chi connectivity index (χ3n) is 4.23. The van der Waals surface area contributed by atoms with Gasteiger partial charge in [0, 0.05) is 41.2 Å². The molecule has 0 bridgehead atoms. The minimum absolute atomic E-state index is 0.257. The molecule has 2 amide bonds. The number of fused-ring (bicyclic) bond motifs is 1. The van der Waals surface area contributed by atoms with Crippen molar-refractivity contribution in [2.24, 2.45) is 0 Å². The van der Waals surface area contributed by atoms with E-state index in [1.807, 2.05) is 43.5 Å². The van der Waals surface area contributed by atoms with E-state index in [9.17, 15) is 9.59 Å². The van der Waals surface area contributed by atoms with Crippen LogP contribution in [0.1, 0.15) is 18.1 Å². The molecule has 0 spiro atoms. The molecule has 2 aromatic carbocycles. The Morgan fingerprint density at radius 3 is 2.69 bits per heavy atom. The summed E-state index contributed by atoms with van der Waals surface area (Å²) in [5.74, 6) is -0.544. The average molecular weight is 370 g/mol. The second-order valence-electron chi connectivity index (χ2n) is 6.27. The number of halogens is 1. The van der Waals surface area contributed by atoms with Crippen LogP contribution in [0.4, 0.5) is 5.69 Å². The molecule has 3 N–H and O–H groups in total. The van der Waals surface area contributed by atoms with Crippen LogP contribution in [0, 0.1) is 6.92 Å². The van der Waals surface area contributed by atoms with Gasteiger partial charge in [0.05, 0.1) is 0 Å². The van der Waals surface area contributed by atoms with Crippen LogP contribution in [0.25, 0.3) is 10.9 Å². The van der Waals surface area contributed by atoms with Gasteiger partial charge in [-0.2, -0.15) is 0 Å². The third-order valence-corrected chi connectivity index (χ3v) is 4.64. The van der Waals surface area contributed by atoms with E-state index >= 15 is 0 Å². The molecule has 0 radical (unpaired) electrons. The van der Waals surface area contributed by atoms with Crippen molar-refractivity contribution in [3.63, 3.8) is 0 Å². The van der Waals surface area contributed by atoms with Crippen LogP contribution in [0.2, 0.25) is 5.02 Å². The number of aromatic nitrogens is 1. The molecule has 5 nitrogen and oxygen atoms in total. The number of H-pyrrole nitrogens is 1. The van der Waals surface area contributed by atoms with E-state index < -0.39 is 6.04 Å². The Morgan fingerprint density at radius 1 is 1.19 bits per heavy atom. The number of aromatic amines is 1. The number of aryl methyl sites for hydroxylation is 1. The highest BCUT2D eigenvalue weighted by Crippen LogP contribution is 2.22. The summed E-state index contributed by atoms with van der Waals surface area (Å²) in [4.78, 5) is 27.5. The molecule has 0 aliphatic carbocycles. The van der Waals surface area contributed by atoms with Crippen LogP contribution in [0.5, 0.6) is 0 Å². The van der Waals surface area contributed by atoms with Crippen LogP contribution in [0.3, 0.4) is 0 Å². The second kappa shape index (κ2) is 7.62. The van der Waals surface area contributed by atoms with Gasteiger partial charge >= 0.3 is 0 Å². The molecule has 0 aliphatic rings. The van der Waals surface area contributed by atoms with Crippen molar-refractivity contribution >= 4 is 40.0 Å². The highest BCUT2D eigenvalue weighted by Gasteiger charge is 2.21. The van der Waals surface area contributed by atoms with Gasteiger partial charge in [-0.1, -0.05) is 35.9 Å². The zero-order chi connectivity index (χ0) is 18.7. The number of amides is 2. The maximum absolute atomic E-state index is 12.7. The number of benzene rings is 2. The van der Waals surface area contributed by atoms with Crippen LogP contribution in [-0.4, -0.2) is 22.8 Å². The fourth-order valence-corrected chi connectivity index (χ4v) is 3.06. The lowest BCUT2D eigenvalue weighted by Gasteiger charge is -2.18. The van der Waals surface area contributed by atoms with Gasteiger partial charge in [0.2, 0.25) is 11.8 Å². The largest absolute Gasteiger partial charge is 0.361 e. The summed E-state index contributed by atoms with van der Waals surface area (Å²) in [5, 5.41) is 7.17. The maximum Gasteiger partial charge on any atom is 0.247 e. The van der Waals surface area contributed by atoms with Gasteiger partial charge in [0.1, 0.15) is 6.04 Å². The Balaban J connectivity index is 1.81. The molecule has 3 aromatic rings. The van der Waals surface area contributed by atoms with Gasteiger partial charge in [-0.05, 0) is 36.2 Å². The summed E-state index contributed by atoms with van der Waals surface area (Å²) in [6.45, 7) is 3.29. The number of anilines is 1. The van der Waals surface area contributed by atoms with E-state index in [2.05, 4.69) is 15.6 Å². The summed E-state index contributed by atoms with van der Waals surface area (Å²) in [6, 6.07) is 12.5. The van der Waals surface area contributed by atoms with Gasteiger partial charge in [-0.25, -0.2) is 0 Å². The molecule has 1 aromatic heterocycles. The minimum Gasteiger partial charge on any atom is -0.361 e. The standard InChI is InChI=1S/C20H20ClN3O2/c1-12-7-8-15(10-17(12)21)24-20(26)19(23-13(2)25)9-14-11-22-18-6-4-3-5-16(14)18/h3-8,10-11,19,22H,9H2,1-2H3,(H,23,25)(H,24,26). The number of para-hydroxylation sites is 1. The van der Waals surface area contributed by atoms with E-state index in [1.54, 1.807) is 12.1 Å². The van der Waals surface area contributed by atoms with Crippen molar-refractivity contribution in [1.82, 2.24) is 10.3 Å². The molecule has 0 fully saturated rings. The van der Waals surface area contributed by atoms with E-state index in [1.165, 1.54) is 6.92 Å². The van der Waals surface area contributed by atoms with Crippen LogP contribution < -0.4 is 10.6 Å². The molecule has 1 atom stereocenters. The van der Waals surface area contributed by atoms with Gasteiger partial charge in [0.25, 0.3) is 0 Å². The SMILES string of the molecule is CC(=O)NC(Cc1c[nH]c2ccccc12)C(=O)Nc1ccc(C)c(Cl)c1. The summed E-state index contributed by atoms with van der Waals surface area (Å²) >= 11 is 6.12. The first-order chi connectivity index (χ1) is 12.4. The lowest BCUT2D eigenvalue weighted by Crippen LogP contribution is -2.44. The normalized spacial score (nSPS) is 12.0. The van der Waals surface area contributed by atoms with Crippen molar-refractivity contribution in [3.8, 4) is 0 Å². The maximum atomic E-state index is 12.7. The van der Waals surface area contributed by atoms with Crippen LogP contribution in [0.15, 0.2) is 48.7 Å². The van der Waals surface area contributed by atoms with Crippen molar-refractivity contribution in [2.75, 3.05) is 5.32 Å². The van der Waals surface area contributed by atoms with E-state index in [0.29, 0.717) is 17.1 Å². The van der Waals surface area contributed by atoms with E-state index in [4.69, 9.17) is 11.6 Å². The lowest BCUT2D eigenvalue weighted by molar-refractivity contribution is -0.125. The molecule has 0 aliphatic heterocycles. The summed E-state index contributed by atoms with van der Waals surface area (Å²) in [7, 11) is 0. The fourth-order valence-electron chi connectivity index (χ4n) is 2.88. The first kappa shape index (κ1) is 18.0. The van der Waals surface area contributed by atoms with E-state index in [0.717, 1.165) is 22.0 Å². The first-order valence-electron chi connectivity index (χ1n) is 8.33. The first-order valence-corrected chi connectivity index (χ1v) is 8.71. The van der Waals surface area contributed by atoms with Gasteiger partial charge in [0.15, 0.2) is 0 Å². The Morgan fingerprint density at radius 2 is 1.96 bits per heavy atom. The van der Waals surface area contributed by atoms with Crippen molar-refractivity contribution < 1.29 is 9.59 Å². The molecule has 3 rings (SSSR count). The summed E-state index contributed by atoms with van der Waals surface area (Å²) in [6.07, 6.45) is 2.25.